The maximum atomic E-state index is 11.9. The first-order valence-corrected chi connectivity index (χ1v) is 8.82. The Morgan fingerprint density at radius 3 is 2.21 bits per heavy atom. The second-order valence-electron chi connectivity index (χ2n) is 6.38. The monoisotopic (exact) mass is 381 g/mol. The summed E-state index contributed by atoms with van der Waals surface area (Å²) in [6, 6.07) is 14.0. The van der Waals surface area contributed by atoms with Crippen molar-refractivity contribution in [1.82, 2.24) is 0 Å². The molecule has 0 saturated carbocycles. The van der Waals surface area contributed by atoms with Gasteiger partial charge >= 0.3 is 11.9 Å². The smallest absolute Gasteiger partial charge is 0.337 e. The molecule has 1 N–H and O–H groups in total. The summed E-state index contributed by atoms with van der Waals surface area (Å²) < 4.78 is 9.53. The SMILES string of the molecule is COC(=O)c1ccc(NC(=O)COC(=O)/C=C/c2ccc(C(C)C)cc2)cc1. The van der Waals surface area contributed by atoms with Crippen LogP contribution in [0.15, 0.2) is 54.6 Å². The first-order valence-electron chi connectivity index (χ1n) is 8.82. The highest BCUT2D eigenvalue weighted by Crippen LogP contribution is 2.15. The van der Waals surface area contributed by atoms with Crippen LogP contribution in [0.3, 0.4) is 0 Å². The van der Waals surface area contributed by atoms with E-state index in [1.54, 1.807) is 18.2 Å². The number of amides is 1. The van der Waals surface area contributed by atoms with Gasteiger partial charge in [0.25, 0.3) is 5.91 Å². The highest BCUT2D eigenvalue weighted by atomic mass is 16.5. The van der Waals surface area contributed by atoms with E-state index in [1.807, 2.05) is 24.3 Å². The van der Waals surface area contributed by atoms with Crippen molar-refractivity contribution in [2.45, 2.75) is 19.8 Å². The van der Waals surface area contributed by atoms with Crippen molar-refractivity contribution in [3.8, 4) is 0 Å². The fraction of sp³-hybridized carbons (Fsp3) is 0.227. The third kappa shape index (κ3) is 6.39. The first kappa shape index (κ1) is 20.9. The number of benzene rings is 2. The highest BCUT2D eigenvalue weighted by molar-refractivity contribution is 5.95. The number of anilines is 1. The number of carbonyl (C=O) groups is 3. The molecule has 0 atom stereocenters. The second kappa shape index (κ2) is 10.1. The summed E-state index contributed by atoms with van der Waals surface area (Å²) in [6.07, 6.45) is 2.92. The number of ether oxygens (including phenoxy) is 2. The molecule has 146 valence electrons. The summed E-state index contributed by atoms with van der Waals surface area (Å²) >= 11 is 0. The van der Waals surface area contributed by atoms with Crippen molar-refractivity contribution < 1.29 is 23.9 Å². The molecule has 6 heteroatoms. The Morgan fingerprint density at radius 1 is 1.00 bits per heavy atom. The predicted octanol–water partition coefficient (Wildman–Crippen LogP) is 3.79. The van der Waals surface area contributed by atoms with Crippen LogP contribution in [0, 0.1) is 0 Å². The lowest BCUT2D eigenvalue weighted by Gasteiger charge is -2.06. The van der Waals surface area contributed by atoms with E-state index in [0.29, 0.717) is 17.2 Å². The van der Waals surface area contributed by atoms with Gasteiger partial charge in [-0.3, -0.25) is 4.79 Å². The molecule has 0 bridgehead atoms. The molecule has 0 unspecified atom stereocenters. The Morgan fingerprint density at radius 2 is 1.64 bits per heavy atom. The van der Waals surface area contributed by atoms with Crippen molar-refractivity contribution in [3.05, 3.63) is 71.3 Å². The Balaban J connectivity index is 1.80. The average Bonchev–Trinajstić information content (AvgIpc) is 2.71. The van der Waals surface area contributed by atoms with Gasteiger partial charge in [-0.1, -0.05) is 38.1 Å². The maximum Gasteiger partial charge on any atom is 0.337 e. The molecule has 2 aromatic rings. The zero-order valence-corrected chi connectivity index (χ0v) is 16.1. The van der Waals surface area contributed by atoms with Crippen molar-refractivity contribution in [2.75, 3.05) is 19.0 Å². The van der Waals surface area contributed by atoms with E-state index in [9.17, 15) is 14.4 Å². The van der Waals surface area contributed by atoms with Gasteiger partial charge in [-0.05, 0) is 47.4 Å². The third-order valence-electron chi connectivity index (χ3n) is 3.95. The standard InChI is InChI=1S/C22H23NO5/c1-15(2)17-7-4-16(5-8-17)6-13-21(25)28-14-20(24)23-19-11-9-18(10-12-19)22(26)27-3/h4-13,15H,14H2,1-3H3,(H,23,24)/b13-6+. The molecule has 0 aliphatic heterocycles. The Labute approximate surface area is 164 Å². The molecule has 6 nitrogen and oxygen atoms in total. The summed E-state index contributed by atoms with van der Waals surface area (Å²) in [5.74, 6) is -1.10. The van der Waals surface area contributed by atoms with E-state index in [-0.39, 0.29) is 0 Å². The minimum absolute atomic E-state index is 0.374. The van der Waals surface area contributed by atoms with Gasteiger partial charge in [0.05, 0.1) is 12.7 Å². The van der Waals surface area contributed by atoms with Crippen molar-refractivity contribution in [3.63, 3.8) is 0 Å². The van der Waals surface area contributed by atoms with Crippen molar-refractivity contribution in [1.29, 1.82) is 0 Å². The summed E-state index contributed by atoms with van der Waals surface area (Å²) in [7, 11) is 1.29. The van der Waals surface area contributed by atoms with Gasteiger partial charge in [-0.25, -0.2) is 9.59 Å². The Bertz CT molecular complexity index is 852. The van der Waals surface area contributed by atoms with E-state index in [2.05, 4.69) is 23.9 Å². The number of hydrogen-bond acceptors (Lipinski definition) is 5. The van der Waals surface area contributed by atoms with Crippen LogP contribution in [0.1, 0.15) is 41.3 Å². The van der Waals surface area contributed by atoms with Gasteiger partial charge in [-0.2, -0.15) is 0 Å². The summed E-state index contributed by atoms with van der Waals surface area (Å²) in [6.45, 7) is 3.82. The lowest BCUT2D eigenvalue weighted by molar-refractivity contribution is -0.142. The Kier molecular flexibility index (Phi) is 7.51. The second-order valence-corrected chi connectivity index (χ2v) is 6.38. The number of esters is 2. The van der Waals surface area contributed by atoms with E-state index in [1.165, 1.54) is 30.9 Å². The minimum atomic E-state index is -0.607. The number of nitrogens with one attached hydrogen (secondary N) is 1. The third-order valence-corrected chi connectivity index (χ3v) is 3.95. The fourth-order valence-corrected chi connectivity index (χ4v) is 2.35. The molecule has 0 fully saturated rings. The van der Waals surface area contributed by atoms with Gasteiger partial charge in [0.2, 0.25) is 0 Å². The van der Waals surface area contributed by atoms with Crippen LogP contribution in [0.5, 0.6) is 0 Å². The molecule has 0 aromatic heterocycles. The maximum absolute atomic E-state index is 11.9. The lowest BCUT2D eigenvalue weighted by Crippen LogP contribution is -2.20. The number of methoxy groups -OCH3 is 1. The van der Waals surface area contributed by atoms with Gasteiger partial charge in [0, 0.05) is 11.8 Å². The molecule has 0 aliphatic rings. The van der Waals surface area contributed by atoms with E-state index >= 15 is 0 Å². The summed E-state index contributed by atoms with van der Waals surface area (Å²) in [5, 5.41) is 2.58. The molecule has 0 heterocycles. The van der Waals surface area contributed by atoms with Crippen molar-refractivity contribution in [2.24, 2.45) is 0 Å². The van der Waals surface area contributed by atoms with E-state index < -0.39 is 24.5 Å². The number of hydrogen-bond donors (Lipinski definition) is 1. The van der Waals surface area contributed by atoms with Gasteiger partial charge in [-0.15, -0.1) is 0 Å². The van der Waals surface area contributed by atoms with Crippen LogP contribution in [0.4, 0.5) is 5.69 Å². The van der Waals surface area contributed by atoms with E-state index in [0.717, 1.165) is 5.56 Å². The number of rotatable bonds is 7. The molecule has 1 amide bonds. The topological polar surface area (TPSA) is 81.7 Å². The van der Waals surface area contributed by atoms with Crippen LogP contribution < -0.4 is 5.32 Å². The molecule has 0 saturated heterocycles. The van der Waals surface area contributed by atoms with Gasteiger partial charge in [0.15, 0.2) is 6.61 Å². The quantitative estimate of drug-likeness (QED) is 0.583. The van der Waals surface area contributed by atoms with Crippen LogP contribution in [-0.4, -0.2) is 31.6 Å². The van der Waals surface area contributed by atoms with Crippen molar-refractivity contribution >= 4 is 29.6 Å². The van der Waals surface area contributed by atoms with Gasteiger partial charge < -0.3 is 14.8 Å². The molecule has 0 spiro atoms. The molecule has 0 radical (unpaired) electrons. The molecule has 2 rings (SSSR count). The highest BCUT2D eigenvalue weighted by Gasteiger charge is 2.08. The van der Waals surface area contributed by atoms with Crippen LogP contribution >= 0.6 is 0 Å². The fourth-order valence-electron chi connectivity index (χ4n) is 2.35. The molecular weight excluding hydrogens is 358 g/mol. The molecule has 28 heavy (non-hydrogen) atoms. The zero-order chi connectivity index (χ0) is 20.5. The van der Waals surface area contributed by atoms with Gasteiger partial charge in [0.1, 0.15) is 0 Å². The molecule has 0 aliphatic carbocycles. The van der Waals surface area contributed by atoms with Crippen LogP contribution in [-0.2, 0) is 19.1 Å². The van der Waals surface area contributed by atoms with E-state index in [4.69, 9.17) is 4.74 Å². The molecule has 2 aromatic carbocycles. The first-order chi connectivity index (χ1) is 13.4. The van der Waals surface area contributed by atoms with Crippen LogP contribution in [0.25, 0.3) is 6.08 Å². The number of carbonyl (C=O) groups excluding carboxylic acids is 3. The average molecular weight is 381 g/mol. The minimum Gasteiger partial charge on any atom is -0.465 e. The summed E-state index contributed by atoms with van der Waals surface area (Å²) in [5.41, 5.74) is 2.94. The van der Waals surface area contributed by atoms with Crippen LogP contribution in [0.2, 0.25) is 0 Å². The predicted molar refractivity (Wildman–Crippen MR) is 107 cm³/mol. The lowest BCUT2D eigenvalue weighted by atomic mass is 10.0. The largest absolute Gasteiger partial charge is 0.465 e. The molecular formula is C22H23NO5. The summed E-state index contributed by atoms with van der Waals surface area (Å²) in [4.78, 5) is 35.0. The normalized spacial score (nSPS) is 10.7. The zero-order valence-electron chi connectivity index (χ0n) is 16.1. The Hall–Kier alpha value is -3.41.